The molecule has 2 aromatic rings. The first-order chi connectivity index (χ1) is 12.9. The van der Waals surface area contributed by atoms with Gasteiger partial charge in [-0.2, -0.15) is 9.50 Å². The molecule has 0 aromatic carbocycles. The zero-order valence-corrected chi connectivity index (χ0v) is 16.2. The molecule has 4 saturated carbocycles. The number of carbonyl (C=O) groups is 1. The van der Waals surface area contributed by atoms with Gasteiger partial charge < -0.3 is 11.1 Å². The van der Waals surface area contributed by atoms with E-state index in [0.717, 1.165) is 41.2 Å². The van der Waals surface area contributed by atoms with Crippen LogP contribution in [0.5, 0.6) is 0 Å². The predicted molar refractivity (Wildman–Crippen MR) is 102 cm³/mol. The Labute approximate surface area is 159 Å². The molecule has 4 aliphatic carbocycles. The van der Waals surface area contributed by atoms with Gasteiger partial charge in [0.25, 0.3) is 5.78 Å². The smallest absolute Gasteiger partial charge is 0.254 e. The molecule has 0 aliphatic heterocycles. The molecule has 0 atom stereocenters. The third-order valence-corrected chi connectivity index (χ3v) is 7.23. The fourth-order valence-corrected chi connectivity index (χ4v) is 6.50. The maximum atomic E-state index is 12.7. The number of rotatable bonds is 4. The SMILES string of the molecule is Cc1nc2nc(N)nn2c(C)c1CC(=O)NCC12CC3CC(CC(C3)C1)C2. The normalized spacial score (nSPS) is 31.6. The molecule has 0 saturated heterocycles. The van der Waals surface area contributed by atoms with Crippen LogP contribution in [0.2, 0.25) is 0 Å². The Morgan fingerprint density at radius 3 is 2.41 bits per heavy atom. The molecule has 0 radical (unpaired) electrons. The van der Waals surface area contributed by atoms with Crippen molar-refractivity contribution in [1.82, 2.24) is 24.9 Å². The zero-order valence-electron chi connectivity index (χ0n) is 16.2. The highest BCUT2D eigenvalue weighted by atomic mass is 16.1. The van der Waals surface area contributed by atoms with Gasteiger partial charge in [0.2, 0.25) is 11.9 Å². The number of amides is 1. The van der Waals surface area contributed by atoms with Gasteiger partial charge in [0.1, 0.15) is 0 Å². The van der Waals surface area contributed by atoms with Gasteiger partial charge in [0.15, 0.2) is 0 Å². The Kier molecular flexibility index (Phi) is 3.71. The molecule has 2 aromatic heterocycles. The van der Waals surface area contributed by atoms with E-state index in [1.807, 2.05) is 13.8 Å². The highest BCUT2D eigenvalue weighted by Gasteiger charge is 2.50. The molecule has 144 valence electrons. The van der Waals surface area contributed by atoms with E-state index in [1.54, 1.807) is 4.52 Å². The fraction of sp³-hybridized carbons (Fsp3) is 0.700. The summed E-state index contributed by atoms with van der Waals surface area (Å²) in [5, 5.41) is 7.44. The van der Waals surface area contributed by atoms with E-state index in [1.165, 1.54) is 38.5 Å². The molecule has 1 amide bonds. The van der Waals surface area contributed by atoms with E-state index in [9.17, 15) is 4.79 Å². The molecule has 7 heteroatoms. The molecular formula is C20H28N6O. The maximum Gasteiger partial charge on any atom is 0.254 e. The summed E-state index contributed by atoms with van der Waals surface area (Å²) < 4.78 is 1.63. The number of nitrogens with zero attached hydrogens (tertiary/aromatic N) is 4. The summed E-state index contributed by atoms with van der Waals surface area (Å²) in [6.45, 7) is 4.69. The topological polar surface area (TPSA) is 98.2 Å². The minimum absolute atomic E-state index is 0.0752. The highest BCUT2D eigenvalue weighted by Crippen LogP contribution is 2.59. The van der Waals surface area contributed by atoms with E-state index in [0.29, 0.717) is 17.6 Å². The van der Waals surface area contributed by atoms with Crippen molar-refractivity contribution in [2.24, 2.45) is 23.2 Å². The summed E-state index contributed by atoms with van der Waals surface area (Å²) >= 11 is 0. The molecule has 0 spiro atoms. The van der Waals surface area contributed by atoms with Crippen molar-refractivity contribution in [3.8, 4) is 0 Å². The molecule has 0 unspecified atom stereocenters. The van der Waals surface area contributed by atoms with Crippen molar-refractivity contribution >= 4 is 17.6 Å². The summed E-state index contributed by atoms with van der Waals surface area (Å²) in [6, 6.07) is 0. The predicted octanol–water partition coefficient (Wildman–Crippen LogP) is 2.20. The minimum atomic E-state index is 0.0752. The van der Waals surface area contributed by atoms with Crippen LogP contribution in [0, 0.1) is 37.0 Å². The lowest BCUT2D eigenvalue weighted by Gasteiger charge is -2.56. The van der Waals surface area contributed by atoms with Crippen LogP contribution in [0.15, 0.2) is 0 Å². The third-order valence-electron chi connectivity index (χ3n) is 7.23. The lowest BCUT2D eigenvalue weighted by Crippen LogP contribution is -2.51. The van der Waals surface area contributed by atoms with Crippen LogP contribution in [0.3, 0.4) is 0 Å². The lowest BCUT2D eigenvalue weighted by atomic mass is 9.49. The van der Waals surface area contributed by atoms with Crippen LogP contribution in [0.1, 0.15) is 55.5 Å². The Morgan fingerprint density at radius 2 is 1.78 bits per heavy atom. The van der Waals surface area contributed by atoms with Crippen molar-refractivity contribution < 1.29 is 4.79 Å². The summed E-state index contributed by atoms with van der Waals surface area (Å²) in [4.78, 5) is 21.3. The van der Waals surface area contributed by atoms with Gasteiger partial charge in [-0.1, -0.05) is 0 Å². The highest BCUT2D eigenvalue weighted by molar-refractivity contribution is 5.79. The van der Waals surface area contributed by atoms with E-state index >= 15 is 0 Å². The number of anilines is 1. The number of nitrogens with two attached hydrogens (primary N) is 1. The van der Waals surface area contributed by atoms with E-state index < -0.39 is 0 Å². The number of aromatic nitrogens is 4. The first-order valence-electron chi connectivity index (χ1n) is 10.2. The van der Waals surface area contributed by atoms with Crippen LogP contribution in [0.25, 0.3) is 5.78 Å². The number of aryl methyl sites for hydroxylation is 2. The number of fused-ring (bicyclic) bond motifs is 1. The van der Waals surface area contributed by atoms with Crippen molar-refractivity contribution in [2.45, 2.75) is 58.8 Å². The van der Waals surface area contributed by atoms with Crippen molar-refractivity contribution in [1.29, 1.82) is 0 Å². The largest absolute Gasteiger partial charge is 0.366 e. The molecule has 7 nitrogen and oxygen atoms in total. The summed E-state index contributed by atoms with van der Waals surface area (Å²) in [7, 11) is 0. The van der Waals surface area contributed by atoms with E-state index in [-0.39, 0.29) is 11.9 Å². The van der Waals surface area contributed by atoms with Crippen LogP contribution in [-0.2, 0) is 11.2 Å². The van der Waals surface area contributed by atoms with Gasteiger partial charge in [-0.05, 0) is 75.5 Å². The standard InChI is InChI=1S/C20H28N6O/c1-11-16(12(2)26-19(23-11)24-18(21)25-26)6-17(27)22-10-20-7-13-3-14(8-20)5-15(4-13)9-20/h13-15H,3-10H2,1-2H3,(H2,21,25)(H,22,27). The summed E-state index contributed by atoms with van der Waals surface area (Å²) in [5.74, 6) is 3.48. The van der Waals surface area contributed by atoms with Gasteiger partial charge in [-0.15, -0.1) is 5.10 Å². The molecule has 6 rings (SSSR count). The fourth-order valence-electron chi connectivity index (χ4n) is 6.50. The number of carbonyl (C=O) groups excluding carboxylic acids is 1. The molecule has 4 aliphatic rings. The van der Waals surface area contributed by atoms with Gasteiger partial charge in [0.05, 0.1) is 6.42 Å². The molecule has 27 heavy (non-hydrogen) atoms. The number of hydrogen-bond donors (Lipinski definition) is 2. The van der Waals surface area contributed by atoms with Crippen LogP contribution in [0.4, 0.5) is 5.95 Å². The van der Waals surface area contributed by atoms with Gasteiger partial charge in [-0.25, -0.2) is 4.98 Å². The first kappa shape index (κ1) is 17.0. The first-order valence-corrected chi connectivity index (χ1v) is 10.2. The van der Waals surface area contributed by atoms with E-state index in [2.05, 4.69) is 20.4 Å². The number of nitrogen functional groups attached to an aromatic ring is 1. The second kappa shape index (κ2) is 5.91. The monoisotopic (exact) mass is 368 g/mol. The zero-order chi connectivity index (χ0) is 18.8. The van der Waals surface area contributed by atoms with E-state index in [4.69, 9.17) is 5.73 Å². The van der Waals surface area contributed by atoms with Crippen molar-refractivity contribution in [2.75, 3.05) is 12.3 Å². The van der Waals surface area contributed by atoms with Crippen LogP contribution < -0.4 is 11.1 Å². The summed E-state index contributed by atoms with van der Waals surface area (Å²) in [6.07, 6.45) is 8.54. The Balaban J connectivity index is 1.29. The Morgan fingerprint density at radius 1 is 1.15 bits per heavy atom. The molecule has 4 bridgehead atoms. The summed E-state index contributed by atoms with van der Waals surface area (Å²) in [5.41, 5.74) is 8.66. The van der Waals surface area contributed by atoms with Crippen molar-refractivity contribution in [3.63, 3.8) is 0 Å². The average molecular weight is 368 g/mol. The average Bonchev–Trinajstić information content (AvgIpc) is 2.96. The molecule has 2 heterocycles. The second-order valence-electron chi connectivity index (χ2n) is 9.31. The quantitative estimate of drug-likeness (QED) is 0.862. The Hall–Kier alpha value is -2.18. The number of hydrogen-bond acceptors (Lipinski definition) is 5. The second-order valence-corrected chi connectivity index (χ2v) is 9.31. The van der Waals surface area contributed by atoms with Crippen LogP contribution >= 0.6 is 0 Å². The number of nitrogens with one attached hydrogen (secondary N) is 1. The lowest BCUT2D eigenvalue weighted by molar-refractivity contribution is -0.122. The maximum absolute atomic E-state index is 12.7. The molecular weight excluding hydrogens is 340 g/mol. The Bertz CT molecular complexity index is 882. The minimum Gasteiger partial charge on any atom is -0.366 e. The molecule has 3 N–H and O–H groups in total. The van der Waals surface area contributed by atoms with Crippen LogP contribution in [-0.4, -0.2) is 32.0 Å². The van der Waals surface area contributed by atoms with Gasteiger partial charge >= 0.3 is 0 Å². The van der Waals surface area contributed by atoms with Crippen molar-refractivity contribution in [3.05, 3.63) is 17.0 Å². The van der Waals surface area contributed by atoms with Gasteiger partial charge in [-0.3, -0.25) is 4.79 Å². The third kappa shape index (κ3) is 2.87. The van der Waals surface area contributed by atoms with Gasteiger partial charge in [0, 0.05) is 23.5 Å². The molecule has 4 fully saturated rings.